The number of rotatable bonds is 5. The summed E-state index contributed by atoms with van der Waals surface area (Å²) in [6, 6.07) is 10.5. The summed E-state index contributed by atoms with van der Waals surface area (Å²) in [4.78, 5) is 4.03. The maximum atomic E-state index is 5.63. The number of fused-ring (bicyclic) bond motifs is 1. The van der Waals surface area contributed by atoms with Crippen LogP contribution in [0.4, 0.5) is 0 Å². The summed E-state index contributed by atoms with van der Waals surface area (Å²) in [5.74, 6) is 1.69. The molecule has 4 nitrogen and oxygen atoms in total. The largest absolute Gasteiger partial charge is 0.486 e. The van der Waals surface area contributed by atoms with Gasteiger partial charge < -0.3 is 14.8 Å². The van der Waals surface area contributed by atoms with Crippen LogP contribution in [-0.2, 0) is 6.42 Å². The van der Waals surface area contributed by atoms with Gasteiger partial charge in [-0.25, -0.2) is 0 Å². The first kappa shape index (κ1) is 13.9. The molecule has 0 bridgehead atoms. The van der Waals surface area contributed by atoms with Gasteiger partial charge >= 0.3 is 0 Å². The summed E-state index contributed by atoms with van der Waals surface area (Å²) in [5.41, 5.74) is 2.51. The normalized spacial score (nSPS) is 14.7. The van der Waals surface area contributed by atoms with Crippen LogP contribution in [0.2, 0.25) is 0 Å². The summed E-state index contributed by atoms with van der Waals surface area (Å²) >= 11 is 0. The highest BCUT2D eigenvalue weighted by Crippen LogP contribution is 2.32. The van der Waals surface area contributed by atoms with E-state index in [0.29, 0.717) is 13.2 Å². The van der Waals surface area contributed by atoms with Crippen LogP contribution in [0.5, 0.6) is 11.5 Å². The van der Waals surface area contributed by atoms with Gasteiger partial charge in [0.15, 0.2) is 11.5 Å². The van der Waals surface area contributed by atoms with E-state index >= 15 is 0 Å². The molecule has 4 heteroatoms. The SMILES string of the molecule is CC(NCCc1ccncc1)c1ccc2c(c1)OCCO2. The molecule has 1 aromatic heterocycles. The molecule has 3 rings (SSSR count). The van der Waals surface area contributed by atoms with Gasteiger partial charge in [0.25, 0.3) is 0 Å². The lowest BCUT2D eigenvalue weighted by atomic mass is 10.1. The van der Waals surface area contributed by atoms with E-state index in [-0.39, 0.29) is 6.04 Å². The maximum Gasteiger partial charge on any atom is 0.161 e. The smallest absolute Gasteiger partial charge is 0.161 e. The molecule has 21 heavy (non-hydrogen) atoms. The van der Waals surface area contributed by atoms with Crippen molar-refractivity contribution in [3.05, 3.63) is 53.9 Å². The molecule has 0 radical (unpaired) electrons. The molecule has 2 heterocycles. The molecular formula is C17H20N2O2. The Morgan fingerprint density at radius 2 is 1.86 bits per heavy atom. The second kappa shape index (κ2) is 6.59. The fourth-order valence-electron chi connectivity index (χ4n) is 2.43. The standard InChI is InChI=1S/C17H20N2O2/c1-13(19-9-6-14-4-7-18-8-5-14)15-2-3-16-17(12-15)21-11-10-20-16/h2-5,7-8,12-13,19H,6,9-11H2,1H3. The molecule has 0 saturated heterocycles. The zero-order chi connectivity index (χ0) is 14.5. The van der Waals surface area contributed by atoms with Crippen LogP contribution >= 0.6 is 0 Å². The van der Waals surface area contributed by atoms with E-state index < -0.39 is 0 Å². The van der Waals surface area contributed by atoms with Crippen molar-refractivity contribution in [3.63, 3.8) is 0 Å². The Morgan fingerprint density at radius 1 is 1.10 bits per heavy atom. The molecule has 1 aromatic carbocycles. The minimum absolute atomic E-state index is 0.280. The molecular weight excluding hydrogens is 264 g/mol. The third-order valence-electron chi connectivity index (χ3n) is 3.68. The predicted molar refractivity (Wildman–Crippen MR) is 81.8 cm³/mol. The summed E-state index contributed by atoms with van der Waals surface area (Å²) in [7, 11) is 0. The molecule has 0 aliphatic carbocycles. The predicted octanol–water partition coefficient (Wildman–Crippen LogP) is 2.75. The third kappa shape index (κ3) is 3.52. The molecule has 1 N–H and O–H groups in total. The zero-order valence-electron chi connectivity index (χ0n) is 12.2. The fraction of sp³-hybridized carbons (Fsp3) is 0.353. The van der Waals surface area contributed by atoms with Gasteiger partial charge in [-0.1, -0.05) is 6.07 Å². The van der Waals surface area contributed by atoms with Crippen molar-refractivity contribution in [1.29, 1.82) is 0 Å². The number of pyridine rings is 1. The van der Waals surface area contributed by atoms with E-state index in [4.69, 9.17) is 9.47 Å². The second-order valence-electron chi connectivity index (χ2n) is 5.18. The Kier molecular flexibility index (Phi) is 4.36. The summed E-state index contributed by atoms with van der Waals surface area (Å²) in [6.07, 6.45) is 4.66. The first-order chi connectivity index (χ1) is 10.3. The molecule has 2 aromatic rings. The van der Waals surface area contributed by atoms with Crippen molar-refractivity contribution in [1.82, 2.24) is 10.3 Å². The van der Waals surface area contributed by atoms with Gasteiger partial charge in [-0.05, 0) is 55.3 Å². The molecule has 1 atom stereocenters. The second-order valence-corrected chi connectivity index (χ2v) is 5.18. The van der Waals surface area contributed by atoms with Crippen LogP contribution in [0, 0.1) is 0 Å². The van der Waals surface area contributed by atoms with Crippen molar-refractivity contribution in [2.75, 3.05) is 19.8 Å². The van der Waals surface area contributed by atoms with Crippen molar-refractivity contribution >= 4 is 0 Å². The number of hydrogen-bond donors (Lipinski definition) is 1. The number of nitrogens with one attached hydrogen (secondary N) is 1. The lowest BCUT2D eigenvalue weighted by Crippen LogP contribution is -2.22. The minimum Gasteiger partial charge on any atom is -0.486 e. The van der Waals surface area contributed by atoms with Crippen molar-refractivity contribution in [2.24, 2.45) is 0 Å². The molecule has 0 amide bonds. The lowest BCUT2D eigenvalue weighted by Gasteiger charge is -2.21. The number of hydrogen-bond acceptors (Lipinski definition) is 4. The van der Waals surface area contributed by atoms with E-state index in [9.17, 15) is 0 Å². The average molecular weight is 284 g/mol. The summed E-state index contributed by atoms with van der Waals surface area (Å²) < 4.78 is 11.2. The van der Waals surface area contributed by atoms with Crippen LogP contribution in [-0.4, -0.2) is 24.7 Å². The fourth-order valence-corrected chi connectivity index (χ4v) is 2.43. The van der Waals surface area contributed by atoms with Gasteiger partial charge in [0.2, 0.25) is 0 Å². The van der Waals surface area contributed by atoms with Crippen LogP contribution in [0.25, 0.3) is 0 Å². The maximum absolute atomic E-state index is 5.63. The number of ether oxygens (including phenoxy) is 2. The average Bonchev–Trinajstić information content (AvgIpc) is 2.55. The Morgan fingerprint density at radius 3 is 2.67 bits per heavy atom. The van der Waals surface area contributed by atoms with E-state index in [1.807, 2.05) is 18.5 Å². The number of aromatic nitrogens is 1. The first-order valence-corrected chi connectivity index (χ1v) is 7.35. The quantitative estimate of drug-likeness (QED) is 0.917. The van der Waals surface area contributed by atoms with E-state index in [1.165, 1.54) is 11.1 Å². The zero-order valence-corrected chi connectivity index (χ0v) is 12.2. The monoisotopic (exact) mass is 284 g/mol. The first-order valence-electron chi connectivity index (χ1n) is 7.35. The van der Waals surface area contributed by atoms with E-state index in [1.54, 1.807) is 0 Å². The lowest BCUT2D eigenvalue weighted by molar-refractivity contribution is 0.171. The topological polar surface area (TPSA) is 43.4 Å². The molecule has 1 aliphatic rings. The number of benzene rings is 1. The Balaban J connectivity index is 1.56. The summed E-state index contributed by atoms with van der Waals surface area (Å²) in [6.45, 7) is 4.35. The Labute approximate surface area is 125 Å². The third-order valence-corrected chi connectivity index (χ3v) is 3.68. The van der Waals surface area contributed by atoms with Gasteiger partial charge in [0.1, 0.15) is 13.2 Å². The van der Waals surface area contributed by atoms with Crippen molar-refractivity contribution in [3.8, 4) is 11.5 Å². The molecule has 0 spiro atoms. The minimum atomic E-state index is 0.280. The van der Waals surface area contributed by atoms with Crippen LogP contribution < -0.4 is 14.8 Å². The van der Waals surface area contributed by atoms with Crippen LogP contribution in [0.15, 0.2) is 42.7 Å². The molecule has 1 aliphatic heterocycles. The Bertz CT molecular complexity index is 587. The molecule has 0 saturated carbocycles. The highest BCUT2D eigenvalue weighted by Gasteiger charge is 2.14. The van der Waals surface area contributed by atoms with Crippen LogP contribution in [0.3, 0.4) is 0 Å². The van der Waals surface area contributed by atoms with Crippen molar-refractivity contribution in [2.45, 2.75) is 19.4 Å². The molecule has 0 fully saturated rings. The molecule has 1 unspecified atom stereocenters. The Hall–Kier alpha value is -2.07. The van der Waals surface area contributed by atoms with Crippen molar-refractivity contribution < 1.29 is 9.47 Å². The van der Waals surface area contributed by atoms with E-state index in [2.05, 4.69) is 41.5 Å². The van der Waals surface area contributed by atoms with E-state index in [0.717, 1.165) is 24.5 Å². The van der Waals surface area contributed by atoms with Gasteiger partial charge in [0.05, 0.1) is 0 Å². The molecule has 110 valence electrons. The van der Waals surface area contributed by atoms with Gasteiger partial charge in [-0.3, -0.25) is 4.98 Å². The highest BCUT2D eigenvalue weighted by atomic mass is 16.6. The van der Waals surface area contributed by atoms with Gasteiger partial charge in [0, 0.05) is 18.4 Å². The highest BCUT2D eigenvalue weighted by molar-refractivity contribution is 5.44. The summed E-state index contributed by atoms with van der Waals surface area (Å²) in [5, 5.41) is 3.54. The van der Waals surface area contributed by atoms with Gasteiger partial charge in [-0.15, -0.1) is 0 Å². The van der Waals surface area contributed by atoms with Gasteiger partial charge in [-0.2, -0.15) is 0 Å². The number of nitrogens with zero attached hydrogens (tertiary/aromatic N) is 1. The van der Waals surface area contributed by atoms with Crippen LogP contribution in [0.1, 0.15) is 24.1 Å².